The number of rotatable bonds is 4. The molecule has 3 atom stereocenters. The normalized spacial score (nSPS) is 28.4. The minimum absolute atomic E-state index is 0.0628. The third kappa shape index (κ3) is 3.16. The summed E-state index contributed by atoms with van der Waals surface area (Å²) >= 11 is 1.67. The summed E-state index contributed by atoms with van der Waals surface area (Å²) < 4.78 is 0. The van der Waals surface area contributed by atoms with Gasteiger partial charge >= 0.3 is 0 Å². The summed E-state index contributed by atoms with van der Waals surface area (Å²) in [7, 11) is 0. The second kappa shape index (κ2) is 6.49. The van der Waals surface area contributed by atoms with Crippen molar-refractivity contribution in [1.29, 1.82) is 0 Å². The summed E-state index contributed by atoms with van der Waals surface area (Å²) in [6.45, 7) is 2.44. The minimum Gasteiger partial charge on any atom is -0.396 e. The lowest BCUT2D eigenvalue weighted by atomic mass is 9.87. The molecule has 21 heavy (non-hydrogen) atoms. The van der Waals surface area contributed by atoms with Crippen LogP contribution in [-0.2, 0) is 12.8 Å². The van der Waals surface area contributed by atoms with E-state index >= 15 is 0 Å². The van der Waals surface area contributed by atoms with Crippen molar-refractivity contribution in [2.24, 2.45) is 11.8 Å². The molecule has 2 aliphatic rings. The van der Waals surface area contributed by atoms with E-state index in [1.807, 2.05) is 0 Å². The number of nitrogens with one attached hydrogen (secondary N) is 1. The molecule has 1 aromatic heterocycles. The van der Waals surface area contributed by atoms with Crippen LogP contribution < -0.4 is 5.32 Å². The number of carbonyl (C=O) groups is 1. The first kappa shape index (κ1) is 15.0. The van der Waals surface area contributed by atoms with Crippen LogP contribution in [0.4, 0.5) is 0 Å². The highest BCUT2D eigenvalue weighted by Gasteiger charge is 2.29. The molecule has 1 heterocycles. The molecule has 0 radical (unpaired) electrons. The number of aliphatic hydroxyl groups is 1. The lowest BCUT2D eigenvalue weighted by Gasteiger charge is -2.19. The van der Waals surface area contributed by atoms with Gasteiger partial charge in [-0.1, -0.05) is 19.8 Å². The molecule has 0 aliphatic heterocycles. The van der Waals surface area contributed by atoms with Gasteiger partial charge in [0, 0.05) is 23.4 Å². The van der Waals surface area contributed by atoms with Crippen LogP contribution in [0.25, 0.3) is 0 Å². The van der Waals surface area contributed by atoms with Gasteiger partial charge in [-0.25, -0.2) is 0 Å². The fraction of sp³-hybridized carbons (Fsp3) is 0.706. The Bertz CT molecular complexity index is 511. The van der Waals surface area contributed by atoms with Crippen LogP contribution in [0.2, 0.25) is 0 Å². The highest BCUT2D eigenvalue weighted by molar-refractivity contribution is 7.14. The second-order valence-corrected chi connectivity index (χ2v) is 7.67. The zero-order valence-electron chi connectivity index (χ0n) is 12.7. The number of aryl methyl sites for hydroxylation is 1. The molecule has 2 aliphatic carbocycles. The average molecular weight is 307 g/mol. The molecule has 3 rings (SSSR count). The maximum atomic E-state index is 12.4. The van der Waals surface area contributed by atoms with Gasteiger partial charge in [-0.2, -0.15) is 0 Å². The van der Waals surface area contributed by atoms with Gasteiger partial charge in [-0.05, 0) is 49.7 Å². The van der Waals surface area contributed by atoms with E-state index in [2.05, 4.69) is 18.3 Å². The largest absolute Gasteiger partial charge is 0.396 e. The van der Waals surface area contributed by atoms with Crippen molar-refractivity contribution in [3.8, 4) is 0 Å². The van der Waals surface area contributed by atoms with E-state index in [0.717, 1.165) is 42.9 Å². The van der Waals surface area contributed by atoms with Gasteiger partial charge in [0.2, 0.25) is 0 Å². The number of thiophene rings is 1. The number of aliphatic hydroxyl groups excluding tert-OH is 1. The number of hydrogen-bond donors (Lipinski definition) is 2. The van der Waals surface area contributed by atoms with E-state index in [-0.39, 0.29) is 24.5 Å². The standard InChI is InChI=1S/C17H25NO2S/c1-2-11-6-7-15-13(8-11)9-16(21-15)17(20)18-14-5-3-4-12(14)10-19/h9,11-12,14,19H,2-8,10H2,1H3,(H,18,20). The molecular weight excluding hydrogens is 282 g/mol. The molecule has 116 valence electrons. The molecule has 3 nitrogen and oxygen atoms in total. The maximum Gasteiger partial charge on any atom is 0.261 e. The Balaban J connectivity index is 1.67. The average Bonchev–Trinajstić information content (AvgIpc) is 3.12. The molecule has 1 saturated carbocycles. The van der Waals surface area contributed by atoms with E-state index in [0.29, 0.717) is 0 Å². The van der Waals surface area contributed by atoms with Crippen molar-refractivity contribution in [1.82, 2.24) is 5.32 Å². The summed E-state index contributed by atoms with van der Waals surface area (Å²) in [6, 6.07) is 2.27. The summed E-state index contributed by atoms with van der Waals surface area (Å²) in [5, 5.41) is 12.5. The van der Waals surface area contributed by atoms with Gasteiger partial charge in [0.15, 0.2) is 0 Å². The molecule has 0 aromatic carbocycles. The van der Waals surface area contributed by atoms with Crippen LogP contribution in [-0.4, -0.2) is 23.7 Å². The van der Waals surface area contributed by atoms with Crippen LogP contribution in [0.3, 0.4) is 0 Å². The van der Waals surface area contributed by atoms with Crippen molar-refractivity contribution in [2.45, 2.75) is 57.9 Å². The van der Waals surface area contributed by atoms with Crippen molar-refractivity contribution in [3.63, 3.8) is 0 Å². The first-order valence-electron chi connectivity index (χ1n) is 8.24. The zero-order chi connectivity index (χ0) is 14.8. The van der Waals surface area contributed by atoms with Gasteiger partial charge in [0.05, 0.1) is 4.88 Å². The molecule has 4 heteroatoms. The van der Waals surface area contributed by atoms with Crippen molar-refractivity contribution >= 4 is 17.2 Å². The van der Waals surface area contributed by atoms with E-state index < -0.39 is 0 Å². The topological polar surface area (TPSA) is 49.3 Å². The van der Waals surface area contributed by atoms with Crippen LogP contribution in [0, 0.1) is 11.8 Å². The van der Waals surface area contributed by atoms with Crippen LogP contribution in [0.15, 0.2) is 6.07 Å². The Kier molecular flexibility index (Phi) is 4.65. The van der Waals surface area contributed by atoms with Crippen molar-refractivity contribution in [2.75, 3.05) is 6.61 Å². The third-order valence-electron chi connectivity index (χ3n) is 5.20. The smallest absolute Gasteiger partial charge is 0.261 e. The van der Waals surface area contributed by atoms with Gasteiger partial charge < -0.3 is 10.4 Å². The molecule has 0 spiro atoms. The SMILES string of the molecule is CCC1CCc2sc(C(=O)NC3CCCC3CO)cc2C1. The molecule has 0 saturated heterocycles. The van der Waals surface area contributed by atoms with Gasteiger partial charge in [0.1, 0.15) is 0 Å². The fourth-order valence-electron chi connectivity index (χ4n) is 3.74. The Morgan fingerprint density at radius 3 is 3.05 bits per heavy atom. The number of fused-ring (bicyclic) bond motifs is 1. The highest BCUT2D eigenvalue weighted by Crippen LogP contribution is 2.34. The minimum atomic E-state index is 0.0628. The van der Waals surface area contributed by atoms with Crippen molar-refractivity contribution in [3.05, 3.63) is 21.4 Å². The van der Waals surface area contributed by atoms with Crippen LogP contribution in [0.5, 0.6) is 0 Å². The second-order valence-electron chi connectivity index (χ2n) is 6.53. The molecule has 1 fully saturated rings. The van der Waals surface area contributed by atoms with Gasteiger partial charge in [0.25, 0.3) is 5.91 Å². The van der Waals surface area contributed by atoms with E-state index in [1.54, 1.807) is 11.3 Å². The Hall–Kier alpha value is -0.870. The Morgan fingerprint density at radius 1 is 1.43 bits per heavy atom. The van der Waals surface area contributed by atoms with Crippen LogP contribution in [0.1, 0.15) is 59.1 Å². The lowest BCUT2D eigenvalue weighted by molar-refractivity contribution is 0.0920. The van der Waals surface area contributed by atoms with Crippen molar-refractivity contribution < 1.29 is 9.90 Å². The number of carbonyl (C=O) groups excluding carboxylic acids is 1. The first-order chi connectivity index (χ1) is 10.2. The molecular formula is C17H25NO2S. The number of amides is 1. The monoisotopic (exact) mass is 307 g/mol. The molecule has 1 aromatic rings. The quantitative estimate of drug-likeness (QED) is 0.897. The van der Waals surface area contributed by atoms with Gasteiger partial charge in [-0.15, -0.1) is 11.3 Å². The third-order valence-corrected chi connectivity index (χ3v) is 6.43. The van der Waals surface area contributed by atoms with E-state index in [9.17, 15) is 9.90 Å². The van der Waals surface area contributed by atoms with E-state index in [1.165, 1.54) is 23.3 Å². The Morgan fingerprint density at radius 2 is 2.29 bits per heavy atom. The van der Waals surface area contributed by atoms with Gasteiger partial charge in [-0.3, -0.25) is 4.79 Å². The molecule has 0 bridgehead atoms. The first-order valence-corrected chi connectivity index (χ1v) is 9.06. The Labute approximate surface area is 130 Å². The molecule has 2 N–H and O–H groups in total. The zero-order valence-corrected chi connectivity index (χ0v) is 13.5. The highest BCUT2D eigenvalue weighted by atomic mass is 32.1. The summed E-state index contributed by atoms with van der Waals surface area (Å²) in [6.07, 6.45) is 7.90. The lowest BCUT2D eigenvalue weighted by Crippen LogP contribution is -2.38. The predicted molar refractivity (Wildman–Crippen MR) is 85.8 cm³/mol. The molecule has 3 unspecified atom stereocenters. The number of hydrogen-bond acceptors (Lipinski definition) is 3. The maximum absolute atomic E-state index is 12.4. The molecule has 1 amide bonds. The van der Waals surface area contributed by atoms with E-state index in [4.69, 9.17) is 0 Å². The fourth-order valence-corrected chi connectivity index (χ4v) is 4.86. The summed E-state index contributed by atoms with van der Waals surface area (Å²) in [5.74, 6) is 1.09. The summed E-state index contributed by atoms with van der Waals surface area (Å²) in [5.41, 5.74) is 1.40. The summed E-state index contributed by atoms with van der Waals surface area (Å²) in [4.78, 5) is 14.7. The predicted octanol–water partition coefficient (Wildman–Crippen LogP) is 3.15. The van der Waals surface area contributed by atoms with Crippen LogP contribution >= 0.6 is 11.3 Å².